The number of nitrogens with two attached hydrogens (primary N) is 2. The van der Waals surface area contributed by atoms with Crippen molar-refractivity contribution in [3.05, 3.63) is 70.8 Å². The molecule has 0 saturated carbocycles. The standard InChI is InChI=1S/C18H17N5O/c1-11(19)9-15(20)23-17-16-13(7-8-21-18(16)24)10-14(22-17)12-5-3-2-4-6-12/h2-10H,19H2,1H3,(H,21,24)(H2,20,22,23)/b11-9-. The van der Waals surface area contributed by atoms with Crippen LogP contribution in [-0.2, 0) is 0 Å². The summed E-state index contributed by atoms with van der Waals surface area (Å²) in [4.78, 5) is 23.7. The van der Waals surface area contributed by atoms with Crippen molar-refractivity contribution in [2.24, 2.45) is 16.5 Å². The van der Waals surface area contributed by atoms with E-state index >= 15 is 0 Å². The van der Waals surface area contributed by atoms with Crippen molar-refractivity contribution in [2.75, 3.05) is 0 Å². The second-order valence-corrected chi connectivity index (χ2v) is 5.39. The average molecular weight is 319 g/mol. The van der Waals surface area contributed by atoms with Crippen molar-refractivity contribution in [2.45, 2.75) is 6.92 Å². The first-order valence-electron chi connectivity index (χ1n) is 7.40. The van der Waals surface area contributed by atoms with Gasteiger partial charge in [-0.05, 0) is 30.5 Å². The highest BCUT2D eigenvalue weighted by Gasteiger charge is 2.10. The summed E-state index contributed by atoms with van der Waals surface area (Å²) < 4.78 is 0. The predicted octanol–water partition coefficient (Wildman–Crippen LogP) is 2.44. The van der Waals surface area contributed by atoms with E-state index in [4.69, 9.17) is 11.5 Å². The molecule has 0 aliphatic rings. The van der Waals surface area contributed by atoms with Crippen molar-refractivity contribution in [3.63, 3.8) is 0 Å². The highest BCUT2D eigenvalue weighted by atomic mass is 16.1. The van der Waals surface area contributed by atoms with Crippen LogP contribution >= 0.6 is 0 Å². The van der Waals surface area contributed by atoms with Crippen molar-refractivity contribution in [3.8, 4) is 11.3 Å². The lowest BCUT2D eigenvalue weighted by atomic mass is 10.1. The van der Waals surface area contributed by atoms with Gasteiger partial charge in [-0.1, -0.05) is 30.3 Å². The SMILES string of the molecule is C/C(N)=C/C(N)=N\c1nc(-c2ccccc2)cc2cc[nH]c(=O)c12. The van der Waals surface area contributed by atoms with Crippen LogP contribution in [-0.4, -0.2) is 15.8 Å². The van der Waals surface area contributed by atoms with Gasteiger partial charge in [0.25, 0.3) is 5.56 Å². The molecule has 2 aromatic heterocycles. The van der Waals surface area contributed by atoms with Gasteiger partial charge in [-0.15, -0.1) is 0 Å². The number of fused-ring (bicyclic) bond motifs is 1. The number of amidine groups is 1. The van der Waals surface area contributed by atoms with Crippen LogP contribution in [0.4, 0.5) is 5.82 Å². The lowest BCUT2D eigenvalue weighted by Gasteiger charge is -2.06. The Morgan fingerprint density at radius 1 is 1.21 bits per heavy atom. The maximum atomic E-state index is 12.2. The number of hydrogen-bond acceptors (Lipinski definition) is 4. The number of aromatic nitrogens is 2. The number of aliphatic imine (C=N–C) groups is 1. The molecule has 0 aliphatic carbocycles. The predicted molar refractivity (Wildman–Crippen MR) is 97.0 cm³/mol. The minimum atomic E-state index is -0.264. The fraction of sp³-hybridized carbons (Fsp3) is 0.0556. The van der Waals surface area contributed by atoms with Crippen molar-refractivity contribution < 1.29 is 0 Å². The topological polar surface area (TPSA) is 110 Å². The first-order valence-corrected chi connectivity index (χ1v) is 7.40. The van der Waals surface area contributed by atoms with E-state index < -0.39 is 0 Å². The summed E-state index contributed by atoms with van der Waals surface area (Å²) in [5.74, 6) is 0.459. The van der Waals surface area contributed by atoms with Crippen molar-refractivity contribution >= 4 is 22.4 Å². The van der Waals surface area contributed by atoms with Crippen LogP contribution in [0, 0.1) is 0 Å². The molecule has 2 heterocycles. The number of nitrogens with zero attached hydrogens (tertiary/aromatic N) is 2. The van der Waals surface area contributed by atoms with Crippen LogP contribution < -0.4 is 17.0 Å². The van der Waals surface area contributed by atoms with Gasteiger partial charge in [-0.3, -0.25) is 4.79 Å². The summed E-state index contributed by atoms with van der Waals surface area (Å²) in [6.45, 7) is 1.71. The molecule has 0 radical (unpaired) electrons. The summed E-state index contributed by atoms with van der Waals surface area (Å²) >= 11 is 0. The van der Waals surface area contributed by atoms with Gasteiger partial charge in [-0.25, -0.2) is 9.98 Å². The number of allylic oxidation sites excluding steroid dienone is 1. The minimum Gasteiger partial charge on any atom is -0.402 e. The maximum Gasteiger partial charge on any atom is 0.259 e. The molecule has 0 saturated heterocycles. The second-order valence-electron chi connectivity index (χ2n) is 5.39. The van der Waals surface area contributed by atoms with Crippen molar-refractivity contribution in [1.82, 2.24) is 9.97 Å². The third kappa shape index (κ3) is 3.17. The van der Waals surface area contributed by atoms with Gasteiger partial charge in [0.15, 0.2) is 5.82 Å². The molecule has 0 bridgehead atoms. The summed E-state index contributed by atoms with van der Waals surface area (Å²) in [7, 11) is 0. The van der Waals surface area contributed by atoms with E-state index in [2.05, 4.69) is 15.0 Å². The van der Waals surface area contributed by atoms with Crippen LogP contribution in [0.15, 0.2) is 70.2 Å². The Bertz CT molecular complexity index is 999. The Morgan fingerprint density at radius 2 is 1.96 bits per heavy atom. The Hall–Kier alpha value is -3.41. The smallest absolute Gasteiger partial charge is 0.259 e. The quantitative estimate of drug-likeness (QED) is 0.508. The van der Waals surface area contributed by atoms with E-state index in [0.29, 0.717) is 16.8 Å². The first kappa shape index (κ1) is 15.5. The first-order chi connectivity index (χ1) is 11.5. The maximum absolute atomic E-state index is 12.2. The molecule has 0 aliphatic heterocycles. The third-order valence-electron chi connectivity index (χ3n) is 3.42. The molecule has 0 unspecified atom stereocenters. The Balaban J connectivity index is 2.29. The Morgan fingerprint density at radius 3 is 2.67 bits per heavy atom. The lowest BCUT2D eigenvalue weighted by molar-refractivity contribution is 1.24. The largest absolute Gasteiger partial charge is 0.402 e. The van der Waals surface area contributed by atoms with Gasteiger partial charge < -0.3 is 16.5 Å². The molecule has 6 heteroatoms. The van der Waals surface area contributed by atoms with Gasteiger partial charge in [-0.2, -0.15) is 0 Å². The zero-order chi connectivity index (χ0) is 17.1. The van der Waals surface area contributed by atoms with E-state index in [9.17, 15) is 4.79 Å². The lowest BCUT2D eigenvalue weighted by Crippen LogP contribution is -2.11. The average Bonchev–Trinajstić information content (AvgIpc) is 2.54. The number of benzene rings is 1. The van der Waals surface area contributed by atoms with Crippen LogP contribution in [0.3, 0.4) is 0 Å². The molecule has 0 amide bonds. The molecular formula is C18H17N5O. The van der Waals surface area contributed by atoms with Crippen LogP contribution in [0.5, 0.6) is 0 Å². The molecule has 120 valence electrons. The number of H-pyrrole nitrogens is 1. The van der Waals surface area contributed by atoms with Gasteiger partial charge in [0.1, 0.15) is 5.84 Å². The molecule has 24 heavy (non-hydrogen) atoms. The number of nitrogens with one attached hydrogen (secondary N) is 1. The van der Waals surface area contributed by atoms with E-state index in [1.807, 2.05) is 42.5 Å². The molecule has 0 spiro atoms. The number of pyridine rings is 2. The van der Waals surface area contributed by atoms with Gasteiger partial charge >= 0.3 is 0 Å². The Kier molecular flexibility index (Phi) is 4.11. The zero-order valence-electron chi connectivity index (χ0n) is 13.2. The second kappa shape index (κ2) is 6.37. The molecule has 3 rings (SSSR count). The number of aromatic amines is 1. The highest BCUT2D eigenvalue weighted by molar-refractivity contribution is 5.99. The summed E-state index contributed by atoms with van der Waals surface area (Å²) in [5, 5.41) is 1.14. The molecule has 1 aromatic carbocycles. The summed E-state index contributed by atoms with van der Waals surface area (Å²) in [6, 6.07) is 13.3. The molecular weight excluding hydrogens is 302 g/mol. The normalized spacial score (nSPS) is 12.5. The fourth-order valence-corrected chi connectivity index (χ4v) is 2.42. The van der Waals surface area contributed by atoms with Crippen LogP contribution in [0.2, 0.25) is 0 Å². The van der Waals surface area contributed by atoms with Gasteiger partial charge in [0.05, 0.1) is 11.1 Å². The van der Waals surface area contributed by atoms with E-state index in [0.717, 1.165) is 10.9 Å². The van der Waals surface area contributed by atoms with Crippen LogP contribution in [0.25, 0.3) is 22.0 Å². The molecule has 3 aromatic rings. The highest BCUT2D eigenvalue weighted by Crippen LogP contribution is 2.27. The van der Waals surface area contributed by atoms with E-state index in [-0.39, 0.29) is 17.2 Å². The minimum absolute atomic E-state index is 0.192. The van der Waals surface area contributed by atoms with Gasteiger partial charge in [0, 0.05) is 17.5 Å². The van der Waals surface area contributed by atoms with E-state index in [1.165, 1.54) is 6.08 Å². The van der Waals surface area contributed by atoms with Gasteiger partial charge in [0.2, 0.25) is 0 Å². The number of rotatable bonds is 3. The molecule has 0 atom stereocenters. The summed E-state index contributed by atoms with van der Waals surface area (Å²) in [6.07, 6.45) is 3.13. The zero-order valence-corrected chi connectivity index (χ0v) is 13.2. The third-order valence-corrected chi connectivity index (χ3v) is 3.42. The molecule has 0 fully saturated rings. The molecule has 6 nitrogen and oxygen atoms in total. The molecule has 5 N–H and O–H groups in total. The number of hydrogen-bond donors (Lipinski definition) is 3. The monoisotopic (exact) mass is 319 g/mol. The fourth-order valence-electron chi connectivity index (χ4n) is 2.42. The Labute approximate surface area is 138 Å². The van der Waals surface area contributed by atoms with Crippen molar-refractivity contribution in [1.29, 1.82) is 0 Å². The summed E-state index contributed by atoms with van der Waals surface area (Å²) in [5.41, 5.74) is 13.4. The van der Waals surface area contributed by atoms with Crippen LogP contribution in [0.1, 0.15) is 6.92 Å². The van der Waals surface area contributed by atoms with E-state index in [1.54, 1.807) is 13.1 Å².